The second kappa shape index (κ2) is 59.3. The van der Waals surface area contributed by atoms with Gasteiger partial charge in [0, 0.05) is 29.3 Å². The van der Waals surface area contributed by atoms with Crippen LogP contribution in [-0.2, 0) is 89.0 Å². The Hall–Kier alpha value is -8.03. The molecule has 0 spiro atoms. The number of hydrazone groups is 3. The van der Waals surface area contributed by atoms with Crippen LogP contribution in [-0.4, -0.2) is 200 Å². The molecule has 0 atom stereocenters. The number of nitrogens with zero attached hydrogens (tertiary/aromatic N) is 6. The van der Waals surface area contributed by atoms with Crippen molar-refractivity contribution in [3.8, 4) is 6.07 Å². The molecule has 0 aliphatic carbocycles. The van der Waals surface area contributed by atoms with Gasteiger partial charge >= 0.3 is 61.7 Å². The maximum atomic E-state index is 11.9. The Morgan fingerprint density at radius 1 is 0.538 bits per heavy atom. The van der Waals surface area contributed by atoms with Crippen LogP contribution < -0.4 is 71.7 Å². The number of carboxylic acid groups (broad SMARTS) is 1. The van der Waals surface area contributed by atoms with Crippen LogP contribution in [0.25, 0.3) is 0 Å². The zero-order chi connectivity index (χ0) is 84.0. The number of guanidine groups is 2. The van der Waals surface area contributed by atoms with Gasteiger partial charge in [-0.05, 0) is 207 Å². The summed E-state index contributed by atoms with van der Waals surface area (Å²) in [7, 11) is 3.35. The third kappa shape index (κ3) is 121. The Morgan fingerprint density at radius 2 is 0.827 bits per heavy atom. The second-order valence-corrected chi connectivity index (χ2v) is 29.5. The molecule has 1 radical (unpaired) electrons. The fraction of sp³-hybridized carbons (Fsp3) is 0.763. The molecule has 0 aromatic carbocycles. The number of aliphatic carboxylic acids is 1. The van der Waals surface area contributed by atoms with Gasteiger partial charge in [-0.1, -0.05) is 27.7 Å². The number of esters is 4. The van der Waals surface area contributed by atoms with Gasteiger partial charge in [0.2, 0.25) is 11.9 Å². The van der Waals surface area contributed by atoms with Crippen LogP contribution in [0.5, 0.6) is 0 Å². The van der Waals surface area contributed by atoms with Crippen LogP contribution in [0.3, 0.4) is 0 Å². The van der Waals surface area contributed by atoms with Gasteiger partial charge in [-0.15, -0.1) is 25.4 Å². The number of hydrogen-bond donors (Lipinski definition) is 15. The first-order valence-corrected chi connectivity index (χ1v) is 32.8. The third-order valence-corrected chi connectivity index (χ3v) is 7.70. The minimum absolute atomic E-state index is 0. The second-order valence-electron chi connectivity index (χ2n) is 28.1. The molecule has 0 fully saturated rings. The molecule has 0 bridgehead atoms. The molecule has 0 aliphatic rings. The summed E-state index contributed by atoms with van der Waals surface area (Å²) in [6.07, 6.45) is -2.07. The molecule has 0 unspecified atom stereocenters. The van der Waals surface area contributed by atoms with Crippen molar-refractivity contribution in [2.75, 3.05) is 51.9 Å². The van der Waals surface area contributed by atoms with E-state index in [9.17, 15) is 47.9 Å². The molecule has 5 amide bonds. The van der Waals surface area contributed by atoms with Gasteiger partial charge in [-0.2, -0.15) is 5.26 Å². The van der Waals surface area contributed by atoms with E-state index in [0.29, 0.717) is 5.01 Å². The topological polar surface area (TPSA) is 614 Å². The van der Waals surface area contributed by atoms with Gasteiger partial charge in [0.1, 0.15) is 81.9 Å². The molecule has 0 saturated heterocycles. The van der Waals surface area contributed by atoms with Crippen molar-refractivity contribution < 1.29 is 130 Å². The molecule has 0 rings (SSSR count). The van der Waals surface area contributed by atoms with Gasteiger partial charge in [-0.3, -0.25) is 67.5 Å². The summed E-state index contributed by atoms with van der Waals surface area (Å²) in [5, 5.41) is 47.8. The smallest absolute Gasteiger partial charge is 0.480 e. The van der Waals surface area contributed by atoms with Crippen LogP contribution in [0.15, 0.2) is 15.3 Å². The standard InChI is InChI=1S/C17H32N4O6.C12H23N3O4S.C11H22N2O4.C7H16N2O2.C6H11BrO2.C3H8N4O2.C2H3N.CH6N2.Ag.HNO3/c1-15(2,3)25-11(22)10-18-21-12(19-13(23)26-16(4,5)6)20-14(24)27-17(7,8)9;1-11(2,3)18-9(16)13-8(20-7)14-15-10(17)19-12(4,5)6;1-10(2,3)16-8(14)7-13(12)9(15)17-11(4,5)6;1-7(2,3)11-6(10)5-9-8-4;1-6(2,3)9-5(8)4-7;4-3(5)7-6-1-2(8)9;1-2-3;1-3-2;;2-1(3)4/h18H,10H2,1-9H3,(H2,19,20,21,23,24);1-7H3,(H,15,17)(H,13,14,16);7,12H2,1-6H3;8-9H,5H2,1-4H3;4H2,1-3H3;6H,1H2,(H,8,9)(H4,4,5,7);1H3;3H,2H2,1H3;;(H,2,3,4)/p+1. The number of nitrogens with two attached hydrogens (primary N) is 4. The van der Waals surface area contributed by atoms with E-state index in [1.807, 2.05) is 41.5 Å². The van der Waals surface area contributed by atoms with Gasteiger partial charge < -0.3 is 64.4 Å². The molecular weight excluding hydrogens is 1560 g/mol. The summed E-state index contributed by atoms with van der Waals surface area (Å²) >= 11 is 4.14. The first-order chi connectivity index (χ1) is 45.9. The molecule has 0 saturated carbocycles. The number of amidine groups is 1. The summed E-state index contributed by atoms with van der Waals surface area (Å²) in [6, 6.07) is 1.75. The molecule has 0 heterocycles. The number of carbonyl (C=O) groups is 10. The molecule has 0 aromatic rings. The van der Waals surface area contributed by atoms with Gasteiger partial charge in [-0.25, -0.2) is 45.7 Å². The average Bonchev–Trinajstić information content (AvgIpc) is 0.891. The van der Waals surface area contributed by atoms with E-state index in [2.05, 4.69) is 85.6 Å². The molecular formula is C59H123AgBrN19O23S+. The molecule has 45 heteroatoms. The van der Waals surface area contributed by atoms with Crippen molar-refractivity contribution >= 4 is 105 Å². The van der Waals surface area contributed by atoms with Gasteiger partial charge in [0.15, 0.2) is 5.17 Å². The predicted molar refractivity (Wildman–Crippen MR) is 391 cm³/mol. The fourth-order valence-corrected chi connectivity index (χ4v) is 4.80. The number of nitrogens with one attached hydrogen (secondary N) is 9. The number of hydrazine groups is 3. The number of rotatable bonds is 13. The molecule has 19 N–H and O–H groups in total. The normalized spacial score (nSPS) is 10.8. The molecule has 104 heavy (non-hydrogen) atoms. The van der Waals surface area contributed by atoms with E-state index < -0.39 is 98.3 Å². The van der Waals surface area contributed by atoms with Crippen molar-refractivity contribution in [1.82, 2.24) is 53.5 Å². The quantitative estimate of drug-likeness (QED) is 0.0106. The van der Waals surface area contributed by atoms with Gasteiger partial charge in [0.05, 0.1) is 6.07 Å². The van der Waals surface area contributed by atoms with Crippen molar-refractivity contribution in [3.05, 3.63) is 10.1 Å². The number of thioether (sulfide) groups is 1. The Balaban J connectivity index is -0.000000113. The van der Waals surface area contributed by atoms with Crippen LogP contribution in [0.4, 0.5) is 24.0 Å². The zero-order valence-electron chi connectivity index (χ0n) is 67.1. The Labute approximate surface area is 641 Å². The summed E-state index contributed by atoms with van der Waals surface area (Å²) in [4.78, 5) is 121. The minimum Gasteiger partial charge on any atom is -0.480 e. The largest absolute Gasteiger partial charge is 1.00 e. The number of amides is 5. The Bertz CT molecular complexity index is 2620. The maximum absolute atomic E-state index is 11.9. The number of carbonyl (C=O) groups excluding carboxylic acids is 9. The summed E-state index contributed by atoms with van der Waals surface area (Å²) in [5.41, 5.74) is 18.6. The van der Waals surface area contributed by atoms with E-state index in [0.717, 1.165) is 11.8 Å². The van der Waals surface area contributed by atoms with Crippen molar-refractivity contribution in [1.29, 1.82) is 5.26 Å². The summed E-state index contributed by atoms with van der Waals surface area (Å²) in [6.45, 7) is 47.9. The minimum atomic E-state index is -1.50. The van der Waals surface area contributed by atoms with Crippen LogP contribution >= 0.6 is 27.7 Å². The number of alkyl halides is 1. The monoisotopic (exact) mass is 1680 g/mol. The number of carboxylic acids is 1. The Kier molecular flexibility index (Phi) is 66.7. The Morgan fingerprint density at radius 3 is 1.11 bits per heavy atom. The van der Waals surface area contributed by atoms with Crippen LogP contribution in [0.1, 0.15) is 195 Å². The number of ether oxygens (including phenoxy) is 9. The fourth-order valence-electron chi connectivity index (χ4n) is 4.36. The van der Waals surface area contributed by atoms with E-state index in [1.54, 1.807) is 172 Å². The van der Waals surface area contributed by atoms with Gasteiger partial charge in [0.25, 0.3) is 5.09 Å². The third-order valence-electron chi connectivity index (χ3n) is 6.67. The molecule has 42 nitrogen and oxygen atoms in total. The summed E-state index contributed by atoms with van der Waals surface area (Å²) in [5.74, 6) is 6.90. The summed E-state index contributed by atoms with van der Waals surface area (Å²) < 4.78 is 45.3. The number of nitriles is 1. The molecule has 0 aliphatic heterocycles. The van der Waals surface area contributed by atoms with E-state index in [4.69, 9.17) is 85.6 Å². The number of halogens is 1. The average molecular weight is 1690 g/mol. The van der Waals surface area contributed by atoms with E-state index in [-0.39, 0.29) is 89.9 Å². The predicted octanol–water partition coefficient (Wildman–Crippen LogP) is 5.34. The first-order valence-electron chi connectivity index (χ1n) is 30.4. The maximum Gasteiger partial charge on any atom is 1.00 e. The van der Waals surface area contributed by atoms with E-state index >= 15 is 0 Å². The van der Waals surface area contributed by atoms with Crippen LogP contribution in [0.2, 0.25) is 0 Å². The molecule has 0 aromatic heterocycles. The number of alkyl carbamates (subject to hydrolysis) is 3. The van der Waals surface area contributed by atoms with E-state index in [1.165, 1.54) is 6.92 Å². The van der Waals surface area contributed by atoms with Crippen molar-refractivity contribution in [3.63, 3.8) is 0 Å². The van der Waals surface area contributed by atoms with Crippen molar-refractivity contribution in [2.24, 2.45) is 38.5 Å². The number of hydrogen-bond acceptors (Lipinski definition) is 33. The zero-order valence-corrected chi connectivity index (χ0v) is 70.0. The molecule has 615 valence electrons. The first kappa shape index (κ1) is 117. The van der Waals surface area contributed by atoms with Crippen molar-refractivity contribution in [2.45, 2.75) is 244 Å². The van der Waals surface area contributed by atoms with Crippen LogP contribution in [0, 0.1) is 21.4 Å². The SMILES string of the molecule is CC#N.CC(C)(C)OC(=O)CBr.CC(C)(C)OC(=O)CN(N)C(=O)OC(C)(C)C.CC(C)(C)OC(=O)CNN=C(NC(=O)OC(C)(C)C)NC(=O)OC(C)(C)C.CNN.CNNCC(=O)OC(C)(C)C.CSC(=NNC(=O)OC(C)(C)C)NC(=O)OC(C)(C)C.NC(N)=NNCC(=O)O.O=[N+]([O-])O.[Ag].[H+].